The zero-order valence-corrected chi connectivity index (χ0v) is 12.2. The van der Waals surface area contributed by atoms with E-state index in [1.807, 2.05) is 6.92 Å². The van der Waals surface area contributed by atoms with Gasteiger partial charge in [-0.1, -0.05) is 18.3 Å². The highest BCUT2D eigenvalue weighted by molar-refractivity contribution is 7.15. The van der Waals surface area contributed by atoms with E-state index < -0.39 is 17.2 Å². The van der Waals surface area contributed by atoms with E-state index in [2.05, 4.69) is 10.2 Å². The van der Waals surface area contributed by atoms with Gasteiger partial charge in [-0.2, -0.15) is 13.2 Å². The number of carboxylic acid groups (broad SMARTS) is 1. The van der Waals surface area contributed by atoms with Crippen molar-refractivity contribution in [3.05, 3.63) is 5.01 Å². The maximum absolute atomic E-state index is 12.5. The zero-order chi connectivity index (χ0) is 15.6. The molecular weight excluding hydrogens is 307 g/mol. The van der Waals surface area contributed by atoms with Crippen molar-refractivity contribution in [1.29, 1.82) is 0 Å². The van der Waals surface area contributed by atoms with Gasteiger partial charge in [0.2, 0.25) is 10.1 Å². The van der Waals surface area contributed by atoms with Gasteiger partial charge < -0.3 is 10.0 Å². The number of nitrogens with zero attached hydrogens (tertiary/aromatic N) is 3. The third kappa shape index (κ3) is 4.05. The van der Waals surface area contributed by atoms with Crippen molar-refractivity contribution in [1.82, 2.24) is 10.2 Å². The minimum atomic E-state index is -4.47. The molecule has 5 nitrogen and oxygen atoms in total. The summed E-state index contributed by atoms with van der Waals surface area (Å²) in [4.78, 5) is 12.5. The summed E-state index contributed by atoms with van der Waals surface area (Å²) in [6.45, 7) is 3.02. The molecular formula is C12H16F3N3O2S. The monoisotopic (exact) mass is 323 g/mol. The lowest BCUT2D eigenvalue weighted by Crippen LogP contribution is -2.38. The van der Waals surface area contributed by atoms with E-state index >= 15 is 0 Å². The van der Waals surface area contributed by atoms with Crippen LogP contribution in [0.5, 0.6) is 0 Å². The predicted octanol–water partition coefficient (Wildman–Crippen LogP) is 2.88. The Morgan fingerprint density at radius 1 is 1.52 bits per heavy atom. The van der Waals surface area contributed by atoms with Crippen LogP contribution in [0.15, 0.2) is 0 Å². The lowest BCUT2D eigenvalue weighted by atomic mass is 9.85. The van der Waals surface area contributed by atoms with E-state index in [0.717, 1.165) is 12.8 Å². The van der Waals surface area contributed by atoms with Crippen molar-refractivity contribution in [3.8, 4) is 0 Å². The lowest BCUT2D eigenvalue weighted by Gasteiger charge is -2.35. The van der Waals surface area contributed by atoms with Gasteiger partial charge in [-0.05, 0) is 24.7 Å². The van der Waals surface area contributed by atoms with Gasteiger partial charge in [0.1, 0.15) is 0 Å². The largest absolute Gasteiger partial charge is 0.481 e. The maximum Gasteiger partial charge on any atom is 0.445 e. The average molecular weight is 323 g/mol. The normalized spacial score (nSPS) is 21.3. The van der Waals surface area contributed by atoms with Crippen LogP contribution in [0.2, 0.25) is 0 Å². The molecule has 0 aliphatic carbocycles. The first-order chi connectivity index (χ1) is 9.77. The van der Waals surface area contributed by atoms with E-state index in [1.54, 1.807) is 4.90 Å². The van der Waals surface area contributed by atoms with E-state index in [9.17, 15) is 18.0 Å². The van der Waals surface area contributed by atoms with Crippen LogP contribution in [0, 0.1) is 11.8 Å². The molecule has 0 bridgehead atoms. The SMILES string of the molecule is CC(CC(=O)O)C1CCCN(c2nnc(C(F)(F)F)s2)C1. The molecule has 1 aliphatic heterocycles. The molecule has 2 unspecified atom stereocenters. The number of carbonyl (C=O) groups is 1. The summed E-state index contributed by atoms with van der Waals surface area (Å²) in [6.07, 6.45) is -2.70. The summed E-state index contributed by atoms with van der Waals surface area (Å²) >= 11 is 0.536. The highest BCUT2D eigenvalue weighted by Gasteiger charge is 2.37. The number of aromatic nitrogens is 2. The number of hydrogen-bond donors (Lipinski definition) is 1. The molecule has 2 atom stereocenters. The van der Waals surface area contributed by atoms with Crippen LogP contribution in [-0.2, 0) is 11.0 Å². The Kier molecular flexibility index (Phi) is 4.70. The summed E-state index contributed by atoms with van der Waals surface area (Å²) in [5, 5.41) is 15.0. The van der Waals surface area contributed by atoms with Crippen LogP contribution in [0.4, 0.5) is 18.3 Å². The zero-order valence-electron chi connectivity index (χ0n) is 11.4. The van der Waals surface area contributed by atoms with Crippen LogP contribution in [0.1, 0.15) is 31.2 Å². The number of carboxylic acids is 1. The van der Waals surface area contributed by atoms with E-state index in [1.165, 1.54) is 0 Å². The van der Waals surface area contributed by atoms with Crippen molar-refractivity contribution >= 4 is 22.4 Å². The number of piperidine rings is 1. The molecule has 2 rings (SSSR count). The maximum atomic E-state index is 12.5. The van der Waals surface area contributed by atoms with E-state index in [0.29, 0.717) is 24.4 Å². The Morgan fingerprint density at radius 2 is 2.24 bits per heavy atom. The number of anilines is 1. The van der Waals surface area contributed by atoms with Crippen LogP contribution < -0.4 is 4.90 Å². The second-order valence-corrected chi connectivity index (χ2v) is 6.27. The molecule has 1 saturated heterocycles. The Labute approximate surface area is 123 Å². The fraction of sp³-hybridized carbons (Fsp3) is 0.750. The molecule has 0 spiro atoms. The van der Waals surface area contributed by atoms with Gasteiger partial charge in [-0.25, -0.2) is 0 Å². The van der Waals surface area contributed by atoms with Crippen molar-refractivity contribution < 1.29 is 23.1 Å². The van der Waals surface area contributed by atoms with Gasteiger partial charge in [0.25, 0.3) is 0 Å². The van der Waals surface area contributed by atoms with Gasteiger partial charge >= 0.3 is 12.1 Å². The third-order valence-electron chi connectivity index (χ3n) is 3.69. The van der Waals surface area contributed by atoms with Gasteiger partial charge in [0.15, 0.2) is 0 Å². The van der Waals surface area contributed by atoms with Gasteiger partial charge in [-0.3, -0.25) is 4.79 Å². The summed E-state index contributed by atoms with van der Waals surface area (Å²) in [5.74, 6) is -0.719. The Hall–Kier alpha value is -1.38. The fourth-order valence-corrected chi connectivity index (χ4v) is 3.30. The third-order valence-corrected chi connectivity index (χ3v) is 4.72. The first-order valence-corrected chi connectivity index (χ1v) is 7.46. The average Bonchev–Trinajstić information content (AvgIpc) is 2.87. The van der Waals surface area contributed by atoms with Crippen molar-refractivity contribution in [2.24, 2.45) is 11.8 Å². The van der Waals surface area contributed by atoms with Gasteiger partial charge in [0.05, 0.1) is 0 Å². The second kappa shape index (κ2) is 6.17. The number of rotatable bonds is 4. The molecule has 1 aromatic heterocycles. The minimum Gasteiger partial charge on any atom is -0.481 e. The Balaban J connectivity index is 2.04. The van der Waals surface area contributed by atoms with Crippen molar-refractivity contribution in [3.63, 3.8) is 0 Å². The van der Waals surface area contributed by atoms with E-state index in [4.69, 9.17) is 5.11 Å². The molecule has 1 aromatic rings. The van der Waals surface area contributed by atoms with Crippen LogP contribution >= 0.6 is 11.3 Å². The molecule has 21 heavy (non-hydrogen) atoms. The minimum absolute atomic E-state index is 0.0136. The summed E-state index contributed by atoms with van der Waals surface area (Å²) in [6, 6.07) is 0. The quantitative estimate of drug-likeness (QED) is 0.923. The standard InChI is InChI=1S/C12H16F3N3O2S/c1-7(5-9(19)20)8-3-2-4-18(6-8)11-17-16-10(21-11)12(13,14)15/h7-8H,2-6H2,1H3,(H,19,20). The van der Waals surface area contributed by atoms with Gasteiger partial charge in [0, 0.05) is 19.5 Å². The lowest BCUT2D eigenvalue weighted by molar-refractivity contribution is -0.139. The molecule has 1 aliphatic rings. The molecule has 0 saturated carbocycles. The summed E-state index contributed by atoms with van der Waals surface area (Å²) in [7, 11) is 0. The Morgan fingerprint density at radius 3 is 2.81 bits per heavy atom. The molecule has 1 fully saturated rings. The first-order valence-electron chi connectivity index (χ1n) is 6.65. The number of halogens is 3. The van der Waals surface area contributed by atoms with Crippen molar-refractivity contribution in [2.45, 2.75) is 32.4 Å². The van der Waals surface area contributed by atoms with Crippen molar-refractivity contribution in [2.75, 3.05) is 18.0 Å². The number of alkyl halides is 3. The fourth-order valence-electron chi connectivity index (χ4n) is 2.55. The molecule has 0 amide bonds. The van der Waals surface area contributed by atoms with Crippen LogP contribution in [-0.4, -0.2) is 34.4 Å². The molecule has 0 aromatic carbocycles. The number of aliphatic carboxylic acids is 1. The Bertz CT molecular complexity index is 506. The number of hydrogen-bond acceptors (Lipinski definition) is 5. The van der Waals surface area contributed by atoms with Crippen LogP contribution in [0.3, 0.4) is 0 Å². The highest BCUT2D eigenvalue weighted by Crippen LogP contribution is 2.36. The summed E-state index contributed by atoms with van der Waals surface area (Å²) in [5.41, 5.74) is 0. The molecule has 9 heteroatoms. The smallest absolute Gasteiger partial charge is 0.445 e. The predicted molar refractivity (Wildman–Crippen MR) is 71.3 cm³/mol. The van der Waals surface area contributed by atoms with Crippen LogP contribution in [0.25, 0.3) is 0 Å². The highest BCUT2D eigenvalue weighted by atomic mass is 32.1. The summed E-state index contributed by atoms with van der Waals surface area (Å²) < 4.78 is 37.6. The van der Waals surface area contributed by atoms with E-state index in [-0.39, 0.29) is 23.4 Å². The molecule has 1 N–H and O–H groups in total. The molecule has 0 radical (unpaired) electrons. The second-order valence-electron chi connectivity index (χ2n) is 5.31. The van der Waals surface area contributed by atoms with Gasteiger partial charge in [-0.15, -0.1) is 10.2 Å². The molecule has 2 heterocycles. The topological polar surface area (TPSA) is 66.3 Å². The first kappa shape index (κ1) is 16.0. The molecule has 118 valence electrons.